The highest BCUT2D eigenvalue weighted by atomic mass is 19.1. The van der Waals surface area contributed by atoms with Crippen LogP contribution in [0.5, 0.6) is 0 Å². The second-order valence-electron chi connectivity index (χ2n) is 3.73. The molecule has 0 aromatic carbocycles. The van der Waals surface area contributed by atoms with Crippen molar-refractivity contribution in [3.63, 3.8) is 0 Å². The second kappa shape index (κ2) is 4.40. The first-order valence-corrected chi connectivity index (χ1v) is 5.15. The van der Waals surface area contributed by atoms with Crippen LogP contribution >= 0.6 is 0 Å². The van der Waals surface area contributed by atoms with E-state index < -0.39 is 17.3 Å². The first kappa shape index (κ1) is 12.0. The lowest BCUT2D eigenvalue weighted by Crippen LogP contribution is -2.30. The van der Waals surface area contributed by atoms with E-state index in [1.807, 2.05) is 0 Å². The SMILES string of the molecule is Cc1ccc(C(N)=O)c(=O)n1-c1ccc(F)cn1. The first-order valence-electron chi connectivity index (χ1n) is 5.15. The minimum absolute atomic E-state index is 0.133. The molecule has 0 aliphatic carbocycles. The molecule has 0 aliphatic rings. The maximum absolute atomic E-state index is 12.8. The number of carbonyl (C=O) groups excluding carboxylic acids is 1. The van der Waals surface area contributed by atoms with Gasteiger partial charge in [0, 0.05) is 5.69 Å². The largest absolute Gasteiger partial charge is 0.365 e. The number of carbonyl (C=O) groups is 1. The Labute approximate surface area is 102 Å². The van der Waals surface area contributed by atoms with E-state index in [-0.39, 0.29) is 11.4 Å². The third kappa shape index (κ3) is 2.00. The smallest absolute Gasteiger partial charge is 0.269 e. The summed E-state index contributed by atoms with van der Waals surface area (Å²) in [6.07, 6.45) is 0.998. The van der Waals surface area contributed by atoms with Crippen molar-refractivity contribution < 1.29 is 9.18 Å². The molecule has 0 radical (unpaired) electrons. The molecule has 6 heteroatoms. The normalized spacial score (nSPS) is 10.3. The zero-order valence-corrected chi connectivity index (χ0v) is 9.55. The van der Waals surface area contributed by atoms with Gasteiger partial charge in [-0.15, -0.1) is 0 Å². The van der Waals surface area contributed by atoms with Gasteiger partial charge in [0.15, 0.2) is 0 Å². The van der Waals surface area contributed by atoms with E-state index in [1.54, 1.807) is 13.0 Å². The first-order chi connectivity index (χ1) is 8.50. The van der Waals surface area contributed by atoms with Gasteiger partial charge in [-0.3, -0.25) is 14.2 Å². The van der Waals surface area contributed by atoms with Crippen molar-refractivity contribution in [2.45, 2.75) is 6.92 Å². The molecule has 2 aromatic heterocycles. The number of halogens is 1. The molecule has 0 aliphatic heterocycles. The molecule has 92 valence electrons. The van der Waals surface area contributed by atoms with E-state index in [9.17, 15) is 14.0 Å². The predicted molar refractivity (Wildman–Crippen MR) is 63.0 cm³/mol. The summed E-state index contributed by atoms with van der Waals surface area (Å²) in [6.45, 7) is 1.68. The number of aromatic nitrogens is 2. The van der Waals surface area contributed by atoms with Crippen molar-refractivity contribution in [2.75, 3.05) is 0 Å². The Kier molecular flexibility index (Phi) is 2.93. The molecule has 0 bridgehead atoms. The van der Waals surface area contributed by atoms with Crippen molar-refractivity contribution in [3.05, 3.63) is 57.9 Å². The second-order valence-corrected chi connectivity index (χ2v) is 3.73. The van der Waals surface area contributed by atoms with Gasteiger partial charge in [0.1, 0.15) is 17.2 Å². The minimum atomic E-state index is -0.809. The average Bonchev–Trinajstić information content (AvgIpc) is 2.31. The number of hydrogen-bond acceptors (Lipinski definition) is 3. The highest BCUT2D eigenvalue weighted by molar-refractivity contribution is 5.92. The zero-order chi connectivity index (χ0) is 13.3. The minimum Gasteiger partial charge on any atom is -0.365 e. The molecule has 0 spiro atoms. The Morgan fingerprint density at radius 1 is 1.33 bits per heavy atom. The summed E-state index contributed by atoms with van der Waals surface area (Å²) in [4.78, 5) is 27.0. The Bertz CT molecular complexity index is 662. The Hall–Kier alpha value is -2.50. The number of amides is 1. The molecule has 0 fully saturated rings. The van der Waals surface area contributed by atoms with Crippen LogP contribution in [-0.2, 0) is 0 Å². The molecule has 0 unspecified atom stereocenters. The van der Waals surface area contributed by atoms with Crippen LogP contribution < -0.4 is 11.3 Å². The molecule has 1 amide bonds. The fourth-order valence-corrected chi connectivity index (χ4v) is 1.60. The van der Waals surface area contributed by atoms with E-state index in [0.717, 1.165) is 6.20 Å². The van der Waals surface area contributed by atoms with Gasteiger partial charge in [0.05, 0.1) is 6.20 Å². The molecule has 2 aromatic rings. The Morgan fingerprint density at radius 3 is 2.61 bits per heavy atom. The van der Waals surface area contributed by atoms with Crippen LogP contribution in [0.3, 0.4) is 0 Å². The summed E-state index contributed by atoms with van der Waals surface area (Å²) in [7, 11) is 0. The van der Waals surface area contributed by atoms with E-state index in [4.69, 9.17) is 5.73 Å². The van der Waals surface area contributed by atoms with Gasteiger partial charge in [0.25, 0.3) is 11.5 Å². The molecule has 5 nitrogen and oxygen atoms in total. The van der Waals surface area contributed by atoms with Crippen LogP contribution in [0.25, 0.3) is 5.82 Å². The predicted octanol–water partition coefficient (Wildman–Crippen LogP) is 0.779. The number of hydrogen-bond donors (Lipinski definition) is 1. The summed E-state index contributed by atoms with van der Waals surface area (Å²) >= 11 is 0. The van der Waals surface area contributed by atoms with Gasteiger partial charge >= 0.3 is 0 Å². The maximum Gasteiger partial charge on any atom is 0.269 e. The number of nitrogens with zero attached hydrogens (tertiary/aromatic N) is 2. The van der Waals surface area contributed by atoms with Gasteiger partial charge < -0.3 is 5.73 Å². The number of nitrogens with two attached hydrogens (primary N) is 1. The van der Waals surface area contributed by atoms with Crippen molar-refractivity contribution in [1.29, 1.82) is 0 Å². The summed E-state index contributed by atoms with van der Waals surface area (Å²) in [6, 6.07) is 5.48. The Morgan fingerprint density at radius 2 is 2.06 bits per heavy atom. The lowest BCUT2D eigenvalue weighted by atomic mass is 10.2. The molecule has 2 N–H and O–H groups in total. The third-order valence-electron chi connectivity index (χ3n) is 2.48. The summed E-state index contributed by atoms with van der Waals surface area (Å²) in [5.41, 5.74) is 4.98. The van der Waals surface area contributed by atoms with Gasteiger partial charge in [-0.1, -0.05) is 0 Å². The fraction of sp³-hybridized carbons (Fsp3) is 0.0833. The van der Waals surface area contributed by atoms with E-state index in [0.29, 0.717) is 5.69 Å². The molecule has 2 heterocycles. The van der Waals surface area contributed by atoms with Crippen molar-refractivity contribution in [1.82, 2.24) is 9.55 Å². The molecule has 2 rings (SSSR count). The lowest BCUT2D eigenvalue weighted by molar-refractivity contribution is 0.0998. The van der Waals surface area contributed by atoms with Gasteiger partial charge in [-0.2, -0.15) is 0 Å². The van der Waals surface area contributed by atoms with Crippen molar-refractivity contribution >= 4 is 5.91 Å². The van der Waals surface area contributed by atoms with Crippen molar-refractivity contribution in [2.24, 2.45) is 5.73 Å². The molecule has 0 atom stereocenters. The topological polar surface area (TPSA) is 78.0 Å². The highest BCUT2D eigenvalue weighted by Crippen LogP contribution is 2.07. The number of pyridine rings is 2. The Balaban J connectivity index is 2.71. The number of rotatable bonds is 2. The third-order valence-corrected chi connectivity index (χ3v) is 2.48. The monoisotopic (exact) mass is 247 g/mol. The van der Waals surface area contributed by atoms with Crippen LogP contribution in [0, 0.1) is 12.7 Å². The van der Waals surface area contributed by atoms with E-state index >= 15 is 0 Å². The number of aryl methyl sites for hydroxylation is 1. The summed E-state index contributed by atoms with van der Waals surface area (Å²) in [5.74, 6) is -1.08. The van der Waals surface area contributed by atoms with Crippen LogP contribution in [-0.4, -0.2) is 15.5 Å². The van der Waals surface area contributed by atoms with E-state index in [1.165, 1.54) is 22.8 Å². The van der Waals surface area contributed by atoms with Crippen molar-refractivity contribution in [3.8, 4) is 5.82 Å². The quantitative estimate of drug-likeness (QED) is 0.851. The molecule has 18 heavy (non-hydrogen) atoms. The summed E-state index contributed by atoms with van der Waals surface area (Å²) < 4.78 is 14.0. The van der Waals surface area contributed by atoms with Crippen LogP contribution in [0.4, 0.5) is 4.39 Å². The maximum atomic E-state index is 12.8. The molecule has 0 saturated heterocycles. The highest BCUT2D eigenvalue weighted by Gasteiger charge is 2.12. The van der Waals surface area contributed by atoms with Gasteiger partial charge in [0.2, 0.25) is 0 Å². The lowest BCUT2D eigenvalue weighted by Gasteiger charge is -2.09. The zero-order valence-electron chi connectivity index (χ0n) is 9.55. The molecular weight excluding hydrogens is 237 g/mol. The molecular formula is C12H10FN3O2. The van der Waals surface area contributed by atoms with Crippen LogP contribution in [0.1, 0.15) is 16.1 Å². The van der Waals surface area contributed by atoms with E-state index in [2.05, 4.69) is 4.98 Å². The van der Waals surface area contributed by atoms with Gasteiger partial charge in [-0.25, -0.2) is 9.37 Å². The van der Waals surface area contributed by atoms with Gasteiger partial charge in [-0.05, 0) is 31.2 Å². The standard InChI is InChI=1S/C12H10FN3O2/c1-7-2-4-9(11(14)17)12(18)16(7)10-5-3-8(13)6-15-10/h2-6H,1H3,(H2,14,17). The fourth-order valence-electron chi connectivity index (χ4n) is 1.60. The summed E-state index contributed by atoms with van der Waals surface area (Å²) in [5, 5.41) is 0. The number of primary amides is 1. The van der Waals surface area contributed by atoms with Crippen LogP contribution in [0.2, 0.25) is 0 Å². The molecule has 0 saturated carbocycles. The van der Waals surface area contributed by atoms with Crippen LogP contribution in [0.15, 0.2) is 35.3 Å². The average molecular weight is 247 g/mol.